The summed E-state index contributed by atoms with van der Waals surface area (Å²) in [5.41, 5.74) is 0. The first kappa shape index (κ1) is 10.2. The summed E-state index contributed by atoms with van der Waals surface area (Å²) < 4.78 is 0. The maximum absolute atomic E-state index is 10.7. The maximum Gasteiger partial charge on any atom is 0.237 e. The topological polar surface area (TPSA) is 63.2 Å². The molecule has 0 aliphatic rings. The highest BCUT2D eigenvalue weighted by Crippen LogP contribution is 1.98. The van der Waals surface area contributed by atoms with E-state index in [0.29, 0.717) is 0 Å². The van der Waals surface area contributed by atoms with Gasteiger partial charge in [-0.05, 0) is 0 Å². The monoisotopic (exact) mass is 175 g/mol. The fraction of sp³-hybridized carbons (Fsp3) is 0.500. The van der Waals surface area contributed by atoms with Crippen LogP contribution < -0.4 is 5.32 Å². The van der Waals surface area contributed by atoms with Gasteiger partial charge in [0, 0.05) is 13.8 Å². The third kappa shape index (κ3) is 7.05. The number of hydrogen-bond acceptors (Lipinski definition) is 4. The molecule has 0 aromatic rings. The molecule has 0 atom stereocenters. The Balaban J connectivity index is 3.53. The molecule has 0 aliphatic heterocycles. The molecule has 2 amide bonds. The van der Waals surface area contributed by atoms with Gasteiger partial charge in [0.05, 0.1) is 5.75 Å². The van der Waals surface area contributed by atoms with Crippen LogP contribution in [0.3, 0.4) is 0 Å². The fourth-order valence-electron chi connectivity index (χ4n) is 0.400. The summed E-state index contributed by atoms with van der Waals surface area (Å²) in [5.74, 6) is -0.827. The normalized spacial score (nSPS) is 8.91. The van der Waals surface area contributed by atoms with Crippen LogP contribution in [-0.4, -0.2) is 22.7 Å². The van der Waals surface area contributed by atoms with Crippen molar-refractivity contribution in [3.8, 4) is 0 Å². The van der Waals surface area contributed by atoms with Crippen molar-refractivity contribution in [1.29, 1.82) is 0 Å². The second kappa shape index (κ2) is 4.90. The molecule has 0 saturated carbocycles. The van der Waals surface area contributed by atoms with Crippen LogP contribution in [0, 0.1) is 0 Å². The van der Waals surface area contributed by atoms with E-state index in [1.807, 2.05) is 5.32 Å². The number of nitrogens with one attached hydrogen (secondary N) is 1. The van der Waals surface area contributed by atoms with Crippen molar-refractivity contribution in [1.82, 2.24) is 5.32 Å². The first-order valence-electron chi connectivity index (χ1n) is 2.96. The molecule has 0 aromatic heterocycles. The van der Waals surface area contributed by atoms with Crippen LogP contribution in [-0.2, 0) is 14.4 Å². The van der Waals surface area contributed by atoms with Crippen molar-refractivity contribution in [2.45, 2.75) is 13.8 Å². The molecular formula is C6H9NO3S. The number of carbonyl (C=O) groups is 3. The molecule has 5 heteroatoms. The van der Waals surface area contributed by atoms with E-state index < -0.39 is 11.8 Å². The van der Waals surface area contributed by atoms with Crippen LogP contribution in [0.1, 0.15) is 13.8 Å². The van der Waals surface area contributed by atoms with Gasteiger partial charge in [-0.3, -0.25) is 19.7 Å². The number of carbonyl (C=O) groups excluding carboxylic acids is 3. The summed E-state index contributed by atoms with van der Waals surface area (Å²) in [6.45, 7) is 2.61. The highest BCUT2D eigenvalue weighted by molar-refractivity contribution is 8.14. The predicted molar refractivity (Wildman–Crippen MR) is 42.0 cm³/mol. The summed E-state index contributed by atoms with van der Waals surface area (Å²) in [4.78, 5) is 31.3. The van der Waals surface area contributed by atoms with Crippen molar-refractivity contribution < 1.29 is 14.4 Å². The van der Waals surface area contributed by atoms with Gasteiger partial charge in [0.2, 0.25) is 11.8 Å². The van der Waals surface area contributed by atoms with Crippen molar-refractivity contribution in [3.63, 3.8) is 0 Å². The Kier molecular flexibility index (Phi) is 4.52. The molecule has 0 spiro atoms. The number of thioether (sulfide) groups is 1. The molecule has 0 saturated heterocycles. The zero-order chi connectivity index (χ0) is 8.85. The Labute approximate surface area is 68.7 Å². The van der Waals surface area contributed by atoms with Crippen molar-refractivity contribution in [2.75, 3.05) is 5.75 Å². The summed E-state index contributed by atoms with van der Waals surface area (Å²) in [5, 5.41) is 1.91. The minimum atomic E-state index is -0.433. The van der Waals surface area contributed by atoms with Crippen LogP contribution in [0.25, 0.3) is 0 Å². The molecule has 11 heavy (non-hydrogen) atoms. The molecule has 0 heterocycles. The van der Waals surface area contributed by atoms with Gasteiger partial charge < -0.3 is 0 Å². The second-order valence-electron chi connectivity index (χ2n) is 1.88. The van der Waals surface area contributed by atoms with E-state index >= 15 is 0 Å². The highest BCUT2D eigenvalue weighted by atomic mass is 32.2. The van der Waals surface area contributed by atoms with E-state index in [4.69, 9.17) is 0 Å². The Morgan fingerprint density at radius 1 is 1.27 bits per heavy atom. The van der Waals surface area contributed by atoms with Gasteiger partial charge in [0.15, 0.2) is 5.12 Å². The molecule has 62 valence electrons. The molecule has 0 radical (unpaired) electrons. The lowest BCUT2D eigenvalue weighted by Gasteiger charge is -1.96. The van der Waals surface area contributed by atoms with Gasteiger partial charge in [-0.2, -0.15) is 0 Å². The zero-order valence-electron chi connectivity index (χ0n) is 6.34. The summed E-state index contributed by atoms with van der Waals surface area (Å²) in [6.07, 6.45) is 0. The average molecular weight is 175 g/mol. The standard InChI is InChI=1S/C6H9NO3S/c1-4(8)7-6(10)3-11-5(2)9/h3H2,1-2H3,(H,7,8,10). The second-order valence-corrected chi connectivity index (χ2v) is 3.04. The highest BCUT2D eigenvalue weighted by Gasteiger charge is 2.04. The molecule has 0 aromatic carbocycles. The Morgan fingerprint density at radius 3 is 2.18 bits per heavy atom. The van der Waals surface area contributed by atoms with Crippen LogP contribution in [0.2, 0.25) is 0 Å². The average Bonchev–Trinajstić information content (AvgIpc) is 1.82. The lowest BCUT2D eigenvalue weighted by molar-refractivity contribution is -0.127. The van der Waals surface area contributed by atoms with E-state index in [9.17, 15) is 14.4 Å². The number of rotatable bonds is 2. The molecule has 0 fully saturated rings. The number of imide groups is 1. The smallest absolute Gasteiger partial charge is 0.237 e. The number of hydrogen-bond donors (Lipinski definition) is 1. The molecule has 0 rings (SSSR count). The van der Waals surface area contributed by atoms with Gasteiger partial charge in [-0.25, -0.2) is 0 Å². The van der Waals surface area contributed by atoms with Crippen molar-refractivity contribution in [2.24, 2.45) is 0 Å². The minimum Gasteiger partial charge on any atom is -0.296 e. The quantitative estimate of drug-likeness (QED) is 0.638. The van der Waals surface area contributed by atoms with Crippen molar-refractivity contribution in [3.05, 3.63) is 0 Å². The lowest BCUT2D eigenvalue weighted by atomic mass is 10.6. The Morgan fingerprint density at radius 2 is 1.82 bits per heavy atom. The van der Waals surface area contributed by atoms with E-state index in [2.05, 4.69) is 0 Å². The largest absolute Gasteiger partial charge is 0.296 e. The van der Waals surface area contributed by atoms with E-state index in [1.54, 1.807) is 0 Å². The van der Waals surface area contributed by atoms with Gasteiger partial charge in [0.1, 0.15) is 0 Å². The first-order valence-corrected chi connectivity index (χ1v) is 3.94. The van der Waals surface area contributed by atoms with Crippen LogP contribution in [0.4, 0.5) is 0 Å². The van der Waals surface area contributed by atoms with Gasteiger partial charge in [-0.1, -0.05) is 11.8 Å². The molecule has 0 aliphatic carbocycles. The third-order valence-corrected chi connectivity index (χ3v) is 1.54. The summed E-state index contributed by atoms with van der Waals surface area (Å²) in [6, 6.07) is 0. The summed E-state index contributed by atoms with van der Waals surface area (Å²) >= 11 is 0.878. The van der Waals surface area contributed by atoms with E-state index in [-0.39, 0.29) is 10.9 Å². The van der Waals surface area contributed by atoms with Crippen molar-refractivity contribution >= 4 is 28.7 Å². The molecule has 0 bridgehead atoms. The zero-order valence-corrected chi connectivity index (χ0v) is 7.16. The lowest BCUT2D eigenvalue weighted by Crippen LogP contribution is -2.29. The Bertz CT molecular complexity index is 190. The van der Waals surface area contributed by atoms with Crippen LogP contribution in [0.5, 0.6) is 0 Å². The molecule has 1 N–H and O–H groups in total. The van der Waals surface area contributed by atoms with Gasteiger partial charge in [-0.15, -0.1) is 0 Å². The molecule has 0 unspecified atom stereocenters. The molecule has 4 nitrogen and oxygen atoms in total. The summed E-state index contributed by atoms with van der Waals surface area (Å²) in [7, 11) is 0. The Hall–Kier alpha value is -0.840. The van der Waals surface area contributed by atoms with E-state index in [0.717, 1.165) is 11.8 Å². The SMILES string of the molecule is CC(=O)NC(=O)CSC(C)=O. The van der Waals surface area contributed by atoms with Gasteiger partial charge >= 0.3 is 0 Å². The first-order chi connectivity index (χ1) is 5.02. The maximum atomic E-state index is 10.7. The van der Waals surface area contributed by atoms with Gasteiger partial charge in [0.25, 0.3) is 0 Å². The number of amides is 2. The van der Waals surface area contributed by atoms with Crippen LogP contribution in [0.15, 0.2) is 0 Å². The minimum absolute atomic E-state index is 0.00884. The van der Waals surface area contributed by atoms with Crippen LogP contribution >= 0.6 is 11.8 Å². The fourth-order valence-corrected chi connectivity index (χ4v) is 0.806. The van der Waals surface area contributed by atoms with E-state index in [1.165, 1.54) is 13.8 Å². The predicted octanol–water partition coefficient (Wildman–Crippen LogP) is -0.0712. The third-order valence-electron chi connectivity index (χ3n) is 0.722. The molecular weight excluding hydrogens is 166 g/mol.